The first-order valence-electron chi connectivity index (χ1n) is 6.16. The van der Waals surface area contributed by atoms with Crippen molar-refractivity contribution < 1.29 is 18.3 Å². The van der Waals surface area contributed by atoms with Gasteiger partial charge in [0, 0.05) is 10.4 Å². The highest BCUT2D eigenvalue weighted by molar-refractivity contribution is 6.31. The molecule has 0 spiro atoms. The number of methoxy groups -OCH3 is 1. The fourth-order valence-electron chi connectivity index (χ4n) is 2.11. The SMILES string of the molecule is COc1cc(Cl)ccc1C(=O)c1cc2cc(F)ccc2o1. The lowest BCUT2D eigenvalue weighted by molar-refractivity contribution is 0.101. The first kappa shape index (κ1) is 13.6. The number of benzene rings is 2. The van der Waals surface area contributed by atoms with E-state index >= 15 is 0 Å². The Labute approximate surface area is 124 Å². The average Bonchev–Trinajstić information content (AvgIpc) is 2.89. The molecule has 0 saturated heterocycles. The molecule has 1 heterocycles. The molecular formula is C16H10ClFO3. The summed E-state index contributed by atoms with van der Waals surface area (Å²) in [6, 6.07) is 10.3. The van der Waals surface area contributed by atoms with Gasteiger partial charge in [-0.15, -0.1) is 0 Å². The van der Waals surface area contributed by atoms with Crippen LogP contribution in [0.2, 0.25) is 5.02 Å². The van der Waals surface area contributed by atoms with Crippen molar-refractivity contribution in [3.8, 4) is 5.75 Å². The second kappa shape index (κ2) is 5.22. The van der Waals surface area contributed by atoms with Crippen LogP contribution in [0, 0.1) is 5.82 Å². The fourth-order valence-corrected chi connectivity index (χ4v) is 2.27. The van der Waals surface area contributed by atoms with Crippen LogP contribution in [0.5, 0.6) is 5.75 Å². The molecule has 0 amide bonds. The van der Waals surface area contributed by atoms with Crippen molar-refractivity contribution in [1.29, 1.82) is 0 Å². The van der Waals surface area contributed by atoms with Crippen molar-refractivity contribution in [2.24, 2.45) is 0 Å². The van der Waals surface area contributed by atoms with Crippen molar-refractivity contribution in [3.05, 3.63) is 64.6 Å². The Balaban J connectivity index is 2.08. The Morgan fingerprint density at radius 1 is 1.19 bits per heavy atom. The number of fused-ring (bicyclic) bond motifs is 1. The Kier molecular flexibility index (Phi) is 3.39. The third kappa shape index (κ3) is 2.50. The lowest BCUT2D eigenvalue weighted by atomic mass is 10.1. The molecule has 0 atom stereocenters. The standard InChI is InChI=1S/C16H10ClFO3/c1-20-14-8-10(17)2-4-12(14)16(19)15-7-9-6-11(18)3-5-13(9)21-15/h2-8H,1H3. The van der Waals surface area contributed by atoms with E-state index in [9.17, 15) is 9.18 Å². The average molecular weight is 305 g/mol. The second-order valence-electron chi connectivity index (χ2n) is 4.47. The van der Waals surface area contributed by atoms with Gasteiger partial charge in [0.25, 0.3) is 0 Å². The van der Waals surface area contributed by atoms with Gasteiger partial charge < -0.3 is 9.15 Å². The number of carbonyl (C=O) groups excluding carboxylic acids is 1. The lowest BCUT2D eigenvalue weighted by Gasteiger charge is -2.06. The van der Waals surface area contributed by atoms with E-state index in [0.29, 0.717) is 27.3 Å². The molecule has 0 aliphatic heterocycles. The molecule has 5 heteroatoms. The Hall–Kier alpha value is -2.33. The van der Waals surface area contributed by atoms with Crippen LogP contribution < -0.4 is 4.74 Å². The third-order valence-corrected chi connectivity index (χ3v) is 3.35. The summed E-state index contributed by atoms with van der Waals surface area (Å²) in [7, 11) is 1.45. The van der Waals surface area contributed by atoms with Crippen LogP contribution in [0.4, 0.5) is 4.39 Å². The fraction of sp³-hybridized carbons (Fsp3) is 0.0625. The van der Waals surface area contributed by atoms with E-state index in [0.717, 1.165) is 0 Å². The minimum atomic E-state index is -0.383. The number of carbonyl (C=O) groups is 1. The Morgan fingerprint density at radius 3 is 2.76 bits per heavy atom. The van der Waals surface area contributed by atoms with E-state index < -0.39 is 0 Å². The highest BCUT2D eigenvalue weighted by Crippen LogP contribution is 2.28. The summed E-state index contributed by atoms with van der Waals surface area (Å²) < 4.78 is 23.8. The summed E-state index contributed by atoms with van der Waals surface area (Å²) in [6.07, 6.45) is 0. The minimum absolute atomic E-state index is 0.122. The topological polar surface area (TPSA) is 39.4 Å². The van der Waals surface area contributed by atoms with E-state index in [2.05, 4.69) is 0 Å². The van der Waals surface area contributed by atoms with Gasteiger partial charge >= 0.3 is 0 Å². The van der Waals surface area contributed by atoms with E-state index in [1.807, 2.05) is 0 Å². The van der Waals surface area contributed by atoms with Crippen LogP contribution in [0.3, 0.4) is 0 Å². The summed E-state index contributed by atoms with van der Waals surface area (Å²) in [5, 5.41) is 1.00. The van der Waals surface area contributed by atoms with E-state index in [1.54, 1.807) is 18.2 Å². The Bertz CT molecular complexity index is 839. The summed E-state index contributed by atoms with van der Waals surface area (Å²) in [5.41, 5.74) is 0.786. The van der Waals surface area contributed by atoms with Gasteiger partial charge in [-0.05, 0) is 42.5 Å². The largest absolute Gasteiger partial charge is 0.496 e. The predicted molar refractivity (Wildman–Crippen MR) is 77.6 cm³/mol. The number of rotatable bonds is 3. The van der Waals surface area contributed by atoms with E-state index in [1.165, 1.54) is 31.4 Å². The smallest absolute Gasteiger partial charge is 0.231 e. The number of halogens is 2. The summed E-state index contributed by atoms with van der Waals surface area (Å²) in [5.74, 6) is -0.248. The summed E-state index contributed by atoms with van der Waals surface area (Å²) in [6.45, 7) is 0. The van der Waals surface area contributed by atoms with Crippen molar-refractivity contribution in [3.63, 3.8) is 0 Å². The van der Waals surface area contributed by atoms with E-state index in [4.69, 9.17) is 20.8 Å². The number of hydrogen-bond donors (Lipinski definition) is 0. The zero-order chi connectivity index (χ0) is 15.0. The first-order valence-corrected chi connectivity index (χ1v) is 6.53. The molecule has 21 heavy (non-hydrogen) atoms. The van der Waals surface area contributed by atoms with Gasteiger partial charge in [-0.2, -0.15) is 0 Å². The van der Waals surface area contributed by atoms with Crippen molar-refractivity contribution >= 4 is 28.4 Å². The molecule has 3 rings (SSSR count). The molecule has 0 radical (unpaired) electrons. The molecule has 0 bridgehead atoms. The van der Waals surface area contributed by atoms with Crippen LogP contribution in [0.25, 0.3) is 11.0 Å². The molecule has 0 unspecified atom stereocenters. The molecule has 0 aliphatic carbocycles. The zero-order valence-electron chi connectivity index (χ0n) is 11.0. The van der Waals surface area contributed by atoms with Gasteiger partial charge in [-0.1, -0.05) is 11.6 Å². The molecule has 0 aliphatic rings. The van der Waals surface area contributed by atoms with Crippen LogP contribution in [-0.2, 0) is 0 Å². The number of ketones is 1. The maximum absolute atomic E-state index is 13.2. The highest BCUT2D eigenvalue weighted by atomic mass is 35.5. The summed E-state index contributed by atoms with van der Waals surface area (Å²) in [4.78, 5) is 12.5. The van der Waals surface area contributed by atoms with Gasteiger partial charge in [0.1, 0.15) is 17.1 Å². The van der Waals surface area contributed by atoms with Crippen molar-refractivity contribution in [2.75, 3.05) is 7.11 Å². The molecule has 3 nitrogen and oxygen atoms in total. The monoisotopic (exact) mass is 304 g/mol. The lowest BCUT2D eigenvalue weighted by Crippen LogP contribution is -2.02. The molecule has 0 fully saturated rings. The quantitative estimate of drug-likeness (QED) is 0.670. The van der Waals surface area contributed by atoms with Crippen LogP contribution >= 0.6 is 11.6 Å². The molecule has 106 valence electrons. The molecule has 0 saturated carbocycles. The highest BCUT2D eigenvalue weighted by Gasteiger charge is 2.19. The van der Waals surface area contributed by atoms with Crippen molar-refractivity contribution in [2.45, 2.75) is 0 Å². The molecule has 1 aromatic heterocycles. The summed E-state index contributed by atoms with van der Waals surface area (Å²) >= 11 is 5.87. The molecule has 2 aromatic carbocycles. The third-order valence-electron chi connectivity index (χ3n) is 3.11. The van der Waals surface area contributed by atoms with Gasteiger partial charge in [0.2, 0.25) is 5.78 Å². The predicted octanol–water partition coefficient (Wildman–Crippen LogP) is 4.46. The maximum atomic E-state index is 13.2. The number of hydrogen-bond acceptors (Lipinski definition) is 3. The second-order valence-corrected chi connectivity index (χ2v) is 4.90. The van der Waals surface area contributed by atoms with Gasteiger partial charge in [0.05, 0.1) is 12.7 Å². The van der Waals surface area contributed by atoms with Gasteiger partial charge in [0.15, 0.2) is 5.76 Å². The number of furan rings is 1. The van der Waals surface area contributed by atoms with Crippen LogP contribution in [-0.4, -0.2) is 12.9 Å². The normalized spacial score (nSPS) is 10.8. The van der Waals surface area contributed by atoms with Gasteiger partial charge in [-0.3, -0.25) is 4.79 Å². The van der Waals surface area contributed by atoms with Crippen LogP contribution in [0.15, 0.2) is 46.9 Å². The molecular weight excluding hydrogens is 295 g/mol. The minimum Gasteiger partial charge on any atom is -0.496 e. The van der Waals surface area contributed by atoms with Crippen LogP contribution in [0.1, 0.15) is 16.1 Å². The number of ether oxygens (including phenoxy) is 1. The molecule has 0 N–H and O–H groups in total. The Morgan fingerprint density at radius 2 is 2.00 bits per heavy atom. The van der Waals surface area contributed by atoms with E-state index in [-0.39, 0.29) is 17.4 Å². The first-order chi connectivity index (χ1) is 10.1. The maximum Gasteiger partial charge on any atom is 0.231 e. The molecule has 3 aromatic rings. The van der Waals surface area contributed by atoms with Gasteiger partial charge in [-0.25, -0.2) is 4.39 Å². The zero-order valence-corrected chi connectivity index (χ0v) is 11.8. The van der Waals surface area contributed by atoms with Crippen molar-refractivity contribution in [1.82, 2.24) is 0 Å².